The molecule has 8 heteroatoms. The van der Waals surface area contributed by atoms with E-state index in [0.717, 1.165) is 26.1 Å². The van der Waals surface area contributed by atoms with E-state index in [2.05, 4.69) is 10.6 Å². The minimum absolute atomic E-state index is 0.106. The van der Waals surface area contributed by atoms with E-state index in [0.29, 0.717) is 35.2 Å². The summed E-state index contributed by atoms with van der Waals surface area (Å²) >= 11 is 0. The predicted molar refractivity (Wildman–Crippen MR) is 95.9 cm³/mol. The van der Waals surface area contributed by atoms with Crippen LogP contribution in [0.25, 0.3) is 0 Å². The van der Waals surface area contributed by atoms with Crippen LogP contribution < -0.4 is 20.1 Å². The van der Waals surface area contributed by atoms with Crippen molar-refractivity contribution in [2.45, 2.75) is 12.8 Å². The van der Waals surface area contributed by atoms with Gasteiger partial charge in [0, 0.05) is 32.4 Å². The summed E-state index contributed by atoms with van der Waals surface area (Å²) in [5.74, 6) is 0.526. The van der Waals surface area contributed by atoms with Crippen LogP contribution in [0.15, 0.2) is 12.1 Å². The third kappa shape index (κ3) is 5.34. The number of ether oxygens (including phenoxy) is 4. The molecule has 1 aromatic carbocycles. The number of carbonyl (C=O) groups excluding carboxylic acids is 2. The molecule has 0 aliphatic carbocycles. The number of methoxy groups -OCH3 is 3. The first kappa shape index (κ1) is 20.0. The van der Waals surface area contributed by atoms with Gasteiger partial charge in [0.05, 0.1) is 19.9 Å². The van der Waals surface area contributed by atoms with Crippen LogP contribution in [0, 0.1) is 5.92 Å². The topological polar surface area (TPSA) is 95.1 Å². The lowest BCUT2D eigenvalue weighted by molar-refractivity contribution is -0.119. The summed E-state index contributed by atoms with van der Waals surface area (Å²) in [6.45, 7) is 1.94. The smallest absolute Gasteiger partial charge is 0.251 e. The van der Waals surface area contributed by atoms with Gasteiger partial charge in [-0.2, -0.15) is 0 Å². The molecule has 0 aromatic heterocycles. The Hall–Kier alpha value is -2.32. The van der Waals surface area contributed by atoms with Gasteiger partial charge in [-0.1, -0.05) is 0 Å². The first-order valence-corrected chi connectivity index (χ1v) is 8.49. The average Bonchev–Trinajstić information content (AvgIpc) is 2.66. The Labute approximate surface area is 153 Å². The van der Waals surface area contributed by atoms with Gasteiger partial charge < -0.3 is 29.6 Å². The van der Waals surface area contributed by atoms with Gasteiger partial charge in [0.2, 0.25) is 5.91 Å². The number of benzene rings is 1. The minimum Gasteiger partial charge on any atom is -0.493 e. The number of hydrogen-bond donors (Lipinski definition) is 2. The molecule has 0 bridgehead atoms. The van der Waals surface area contributed by atoms with Crippen LogP contribution in [-0.2, 0) is 14.3 Å². The SMILES string of the molecule is COCC(=O)Nc1cc(C(=O)NCC2CCOCC2)cc(OC)c1OC. The molecule has 1 fully saturated rings. The molecule has 26 heavy (non-hydrogen) atoms. The van der Waals surface area contributed by atoms with Crippen LogP contribution in [0.3, 0.4) is 0 Å². The van der Waals surface area contributed by atoms with Gasteiger partial charge >= 0.3 is 0 Å². The average molecular weight is 366 g/mol. The number of rotatable bonds is 8. The van der Waals surface area contributed by atoms with E-state index < -0.39 is 0 Å². The molecule has 1 saturated heterocycles. The molecule has 1 aromatic rings. The molecule has 1 aliphatic heterocycles. The van der Waals surface area contributed by atoms with Crippen molar-refractivity contribution < 1.29 is 28.5 Å². The van der Waals surface area contributed by atoms with Crippen LogP contribution in [0.2, 0.25) is 0 Å². The molecule has 2 amide bonds. The standard InChI is InChI=1S/C18H26N2O6/c1-23-11-16(21)20-14-8-13(9-15(24-2)17(14)25-3)18(22)19-10-12-4-6-26-7-5-12/h8-9,12H,4-7,10-11H2,1-3H3,(H,19,22)(H,20,21). The molecule has 1 aliphatic rings. The molecule has 8 nitrogen and oxygen atoms in total. The Morgan fingerprint density at radius 2 is 1.88 bits per heavy atom. The lowest BCUT2D eigenvalue weighted by Gasteiger charge is -2.22. The highest BCUT2D eigenvalue weighted by atomic mass is 16.5. The number of carbonyl (C=O) groups is 2. The minimum atomic E-state index is -0.354. The largest absolute Gasteiger partial charge is 0.493 e. The molecule has 1 heterocycles. The fraction of sp³-hybridized carbons (Fsp3) is 0.556. The normalized spacial score (nSPS) is 14.6. The molecule has 2 N–H and O–H groups in total. The Morgan fingerprint density at radius 3 is 2.50 bits per heavy atom. The fourth-order valence-corrected chi connectivity index (χ4v) is 2.80. The molecule has 2 rings (SSSR count). The van der Waals surface area contributed by atoms with Gasteiger partial charge in [-0.05, 0) is 30.9 Å². The van der Waals surface area contributed by atoms with Crippen molar-refractivity contribution in [1.82, 2.24) is 5.32 Å². The summed E-state index contributed by atoms with van der Waals surface area (Å²) in [5, 5.41) is 5.61. The molecular formula is C18H26N2O6. The van der Waals surface area contributed by atoms with Crippen molar-refractivity contribution in [2.75, 3.05) is 53.0 Å². The monoisotopic (exact) mass is 366 g/mol. The number of hydrogen-bond acceptors (Lipinski definition) is 6. The van der Waals surface area contributed by atoms with Crippen LogP contribution >= 0.6 is 0 Å². The highest BCUT2D eigenvalue weighted by Gasteiger charge is 2.19. The maximum atomic E-state index is 12.5. The van der Waals surface area contributed by atoms with Gasteiger partial charge in [-0.25, -0.2) is 0 Å². The van der Waals surface area contributed by atoms with Gasteiger partial charge in [0.1, 0.15) is 6.61 Å². The van der Waals surface area contributed by atoms with Crippen LogP contribution in [0.1, 0.15) is 23.2 Å². The van der Waals surface area contributed by atoms with Gasteiger partial charge in [-0.15, -0.1) is 0 Å². The Balaban J connectivity index is 2.15. The lowest BCUT2D eigenvalue weighted by atomic mass is 10.0. The van der Waals surface area contributed by atoms with E-state index in [-0.39, 0.29) is 18.4 Å². The molecule has 0 spiro atoms. The Kier molecular flexibility index (Phi) is 7.68. The van der Waals surface area contributed by atoms with Crippen molar-refractivity contribution in [3.8, 4) is 11.5 Å². The molecular weight excluding hydrogens is 340 g/mol. The first-order chi connectivity index (χ1) is 12.6. The summed E-state index contributed by atoms with van der Waals surface area (Å²) in [5.41, 5.74) is 0.729. The maximum Gasteiger partial charge on any atom is 0.251 e. The zero-order valence-electron chi connectivity index (χ0n) is 15.4. The van der Waals surface area contributed by atoms with Gasteiger partial charge in [-0.3, -0.25) is 9.59 Å². The van der Waals surface area contributed by atoms with E-state index in [4.69, 9.17) is 18.9 Å². The first-order valence-electron chi connectivity index (χ1n) is 8.49. The van der Waals surface area contributed by atoms with Crippen molar-refractivity contribution >= 4 is 17.5 Å². The maximum absolute atomic E-state index is 12.5. The van der Waals surface area contributed by atoms with Crippen LogP contribution in [0.4, 0.5) is 5.69 Å². The Morgan fingerprint density at radius 1 is 1.15 bits per heavy atom. The third-order valence-corrected chi connectivity index (χ3v) is 4.18. The van der Waals surface area contributed by atoms with E-state index >= 15 is 0 Å². The second-order valence-corrected chi connectivity index (χ2v) is 6.01. The molecule has 0 atom stereocenters. The molecule has 144 valence electrons. The number of anilines is 1. The van der Waals surface area contributed by atoms with E-state index in [1.54, 1.807) is 12.1 Å². The second kappa shape index (κ2) is 9.98. The number of nitrogens with one attached hydrogen (secondary N) is 2. The van der Waals surface area contributed by atoms with Gasteiger partial charge in [0.25, 0.3) is 5.91 Å². The van der Waals surface area contributed by atoms with E-state index in [9.17, 15) is 9.59 Å². The second-order valence-electron chi connectivity index (χ2n) is 6.01. The van der Waals surface area contributed by atoms with Crippen molar-refractivity contribution in [1.29, 1.82) is 0 Å². The van der Waals surface area contributed by atoms with Gasteiger partial charge in [0.15, 0.2) is 11.5 Å². The summed E-state index contributed by atoms with van der Waals surface area (Å²) in [6.07, 6.45) is 1.87. The summed E-state index contributed by atoms with van der Waals surface area (Å²) < 4.78 is 20.8. The quantitative estimate of drug-likeness (QED) is 0.723. The predicted octanol–water partition coefficient (Wildman–Crippen LogP) is 1.45. The zero-order valence-corrected chi connectivity index (χ0v) is 15.4. The van der Waals surface area contributed by atoms with Crippen molar-refractivity contribution in [3.05, 3.63) is 17.7 Å². The van der Waals surface area contributed by atoms with Crippen LogP contribution in [-0.4, -0.2) is 59.5 Å². The summed E-state index contributed by atoms with van der Waals surface area (Å²) in [6, 6.07) is 3.15. The third-order valence-electron chi connectivity index (χ3n) is 4.18. The van der Waals surface area contributed by atoms with Crippen molar-refractivity contribution in [3.63, 3.8) is 0 Å². The molecule has 0 saturated carbocycles. The summed E-state index contributed by atoms with van der Waals surface area (Å²) in [4.78, 5) is 24.4. The van der Waals surface area contributed by atoms with Crippen molar-refractivity contribution in [2.24, 2.45) is 5.92 Å². The lowest BCUT2D eigenvalue weighted by Crippen LogP contribution is -2.32. The fourth-order valence-electron chi connectivity index (χ4n) is 2.80. The number of amides is 2. The summed E-state index contributed by atoms with van der Waals surface area (Å²) in [7, 11) is 4.37. The highest BCUT2D eigenvalue weighted by molar-refractivity contribution is 5.99. The van der Waals surface area contributed by atoms with E-state index in [1.165, 1.54) is 21.3 Å². The zero-order chi connectivity index (χ0) is 18.9. The highest BCUT2D eigenvalue weighted by Crippen LogP contribution is 2.36. The Bertz CT molecular complexity index is 628. The molecule has 0 radical (unpaired) electrons. The molecule has 0 unspecified atom stereocenters. The van der Waals surface area contributed by atoms with Crippen LogP contribution in [0.5, 0.6) is 11.5 Å². The van der Waals surface area contributed by atoms with E-state index in [1.807, 2.05) is 0 Å².